The summed E-state index contributed by atoms with van der Waals surface area (Å²) in [7, 11) is 0. The maximum atomic E-state index is 9.63. The molecule has 0 aromatic carbocycles. The molecule has 5 heteroatoms. The first-order chi connectivity index (χ1) is 3.63. The van der Waals surface area contributed by atoms with Crippen LogP contribution >= 0.6 is 0 Å². The lowest BCUT2D eigenvalue weighted by Gasteiger charge is -2.06. The standard InChI is InChI=1S/C3H9NO3S/c1-3(4)2-7-8(5)6/h3H,2,4H2,1H3,(H,5,6)/p-1. The molecule has 0 spiro atoms. The molecule has 0 radical (unpaired) electrons. The van der Waals surface area contributed by atoms with Crippen molar-refractivity contribution < 1.29 is 12.9 Å². The highest BCUT2D eigenvalue weighted by Crippen LogP contribution is 1.80. The molecule has 0 amide bonds. The van der Waals surface area contributed by atoms with E-state index in [0.717, 1.165) is 0 Å². The summed E-state index contributed by atoms with van der Waals surface area (Å²) < 4.78 is 23.3. The van der Waals surface area contributed by atoms with Crippen molar-refractivity contribution in [3.05, 3.63) is 0 Å². The van der Waals surface area contributed by atoms with Crippen LogP contribution in [-0.4, -0.2) is 21.4 Å². The van der Waals surface area contributed by atoms with Gasteiger partial charge in [0.25, 0.3) is 0 Å². The Labute approximate surface area is 50.5 Å². The van der Waals surface area contributed by atoms with E-state index in [0.29, 0.717) is 0 Å². The van der Waals surface area contributed by atoms with Gasteiger partial charge in [0.15, 0.2) is 0 Å². The molecule has 0 aliphatic carbocycles. The zero-order chi connectivity index (χ0) is 6.57. The Hall–Kier alpha value is 0.0300. The van der Waals surface area contributed by atoms with E-state index in [9.17, 15) is 8.76 Å². The molecule has 8 heavy (non-hydrogen) atoms. The highest BCUT2D eigenvalue weighted by Gasteiger charge is 1.90. The maximum Gasteiger partial charge on any atom is 0.0842 e. The van der Waals surface area contributed by atoms with Crippen LogP contribution < -0.4 is 5.73 Å². The molecule has 0 aromatic heterocycles. The first-order valence-electron chi connectivity index (χ1n) is 2.11. The fraction of sp³-hybridized carbons (Fsp3) is 1.00. The minimum absolute atomic E-state index is 0.0517. The normalized spacial score (nSPS) is 17.9. The molecule has 0 rings (SSSR count). The summed E-state index contributed by atoms with van der Waals surface area (Å²) in [6.07, 6.45) is 0. The molecule has 0 saturated carbocycles. The van der Waals surface area contributed by atoms with Gasteiger partial charge in [-0.2, -0.15) is 0 Å². The number of hydrogen-bond donors (Lipinski definition) is 1. The Morgan fingerprint density at radius 2 is 2.50 bits per heavy atom. The van der Waals surface area contributed by atoms with Gasteiger partial charge in [-0.1, -0.05) is 0 Å². The second-order valence-corrected chi connectivity index (χ2v) is 2.11. The van der Waals surface area contributed by atoms with Gasteiger partial charge < -0.3 is 10.3 Å². The molecule has 0 saturated heterocycles. The Morgan fingerprint density at radius 3 is 2.62 bits per heavy atom. The molecule has 50 valence electrons. The van der Waals surface area contributed by atoms with E-state index < -0.39 is 11.4 Å². The Bertz CT molecular complexity index is 84.6. The van der Waals surface area contributed by atoms with Crippen LogP contribution in [0, 0.1) is 0 Å². The molecule has 4 nitrogen and oxygen atoms in total. The molecule has 0 bridgehead atoms. The SMILES string of the molecule is CC(N)COS(=O)[O-]. The van der Waals surface area contributed by atoms with Crippen molar-refractivity contribution in [1.82, 2.24) is 0 Å². The molecule has 0 aliphatic heterocycles. The monoisotopic (exact) mass is 138 g/mol. The highest BCUT2D eigenvalue weighted by molar-refractivity contribution is 7.74. The summed E-state index contributed by atoms with van der Waals surface area (Å²) in [6.45, 7) is 1.71. The van der Waals surface area contributed by atoms with Gasteiger partial charge in [-0.25, -0.2) is 4.21 Å². The third kappa shape index (κ3) is 6.03. The van der Waals surface area contributed by atoms with E-state index in [-0.39, 0.29) is 12.6 Å². The predicted molar refractivity (Wildman–Crippen MR) is 28.5 cm³/mol. The van der Waals surface area contributed by atoms with Crippen molar-refractivity contribution in [2.45, 2.75) is 13.0 Å². The van der Waals surface area contributed by atoms with E-state index in [1.165, 1.54) is 0 Å². The van der Waals surface area contributed by atoms with Crippen molar-refractivity contribution in [3.63, 3.8) is 0 Å². The van der Waals surface area contributed by atoms with Crippen LogP contribution in [0.5, 0.6) is 0 Å². The van der Waals surface area contributed by atoms with Gasteiger partial charge in [-0.3, -0.25) is 4.18 Å². The lowest BCUT2D eigenvalue weighted by molar-refractivity contribution is 0.284. The third-order valence-electron chi connectivity index (χ3n) is 0.427. The van der Waals surface area contributed by atoms with Gasteiger partial charge >= 0.3 is 0 Å². The second-order valence-electron chi connectivity index (χ2n) is 1.47. The molecule has 2 atom stereocenters. The molecule has 0 heterocycles. The fourth-order valence-electron chi connectivity index (χ4n) is 0.163. The predicted octanol–water partition coefficient (Wildman–Crippen LogP) is -0.856. The van der Waals surface area contributed by atoms with E-state index >= 15 is 0 Å². The molecule has 0 fully saturated rings. The largest absolute Gasteiger partial charge is 0.750 e. The van der Waals surface area contributed by atoms with Gasteiger partial charge in [0, 0.05) is 6.04 Å². The Balaban J connectivity index is 3.05. The Morgan fingerprint density at radius 1 is 2.00 bits per heavy atom. The first-order valence-corrected chi connectivity index (χ1v) is 3.11. The zero-order valence-electron chi connectivity index (χ0n) is 4.49. The lowest BCUT2D eigenvalue weighted by Crippen LogP contribution is -2.22. The van der Waals surface area contributed by atoms with Crippen molar-refractivity contribution in [2.24, 2.45) is 5.73 Å². The van der Waals surface area contributed by atoms with Crippen molar-refractivity contribution in [1.29, 1.82) is 0 Å². The first kappa shape index (κ1) is 8.03. The van der Waals surface area contributed by atoms with Crippen LogP contribution in [0.15, 0.2) is 0 Å². The summed E-state index contributed by atoms with van der Waals surface area (Å²) in [5.74, 6) is 0. The average Bonchev–Trinajstić information content (AvgIpc) is 1.61. The van der Waals surface area contributed by atoms with Gasteiger partial charge in [-0.15, -0.1) is 0 Å². The third-order valence-corrected chi connectivity index (χ3v) is 0.756. The minimum atomic E-state index is -2.42. The van der Waals surface area contributed by atoms with E-state index in [4.69, 9.17) is 5.73 Å². The van der Waals surface area contributed by atoms with Gasteiger partial charge in [0.1, 0.15) is 0 Å². The molecule has 2 N–H and O–H groups in total. The fourth-order valence-corrected chi connectivity index (χ4v) is 0.489. The van der Waals surface area contributed by atoms with Crippen molar-refractivity contribution >= 4 is 11.4 Å². The van der Waals surface area contributed by atoms with E-state index in [1.807, 2.05) is 0 Å². The van der Waals surface area contributed by atoms with Crippen LogP contribution in [0.4, 0.5) is 0 Å². The number of rotatable bonds is 3. The zero-order valence-corrected chi connectivity index (χ0v) is 5.31. The summed E-state index contributed by atoms with van der Waals surface area (Å²) in [5.41, 5.74) is 5.14. The number of nitrogens with two attached hydrogens (primary N) is 1. The molecular formula is C3H8NO3S-. The van der Waals surface area contributed by atoms with Crippen LogP contribution in [0.2, 0.25) is 0 Å². The second kappa shape index (κ2) is 3.96. The van der Waals surface area contributed by atoms with Crippen molar-refractivity contribution in [3.8, 4) is 0 Å². The smallest absolute Gasteiger partial charge is 0.0842 e. The topological polar surface area (TPSA) is 75.4 Å². The number of hydrogen-bond acceptors (Lipinski definition) is 4. The van der Waals surface area contributed by atoms with Gasteiger partial charge in [0.05, 0.1) is 18.0 Å². The minimum Gasteiger partial charge on any atom is -0.750 e. The quantitative estimate of drug-likeness (QED) is 0.515. The summed E-state index contributed by atoms with van der Waals surface area (Å²) in [6, 6.07) is -0.229. The maximum absolute atomic E-state index is 9.63. The summed E-state index contributed by atoms with van der Waals surface area (Å²) in [4.78, 5) is 0. The average molecular weight is 138 g/mol. The van der Waals surface area contributed by atoms with Crippen LogP contribution in [0.1, 0.15) is 6.92 Å². The van der Waals surface area contributed by atoms with Gasteiger partial charge in [-0.05, 0) is 6.92 Å². The van der Waals surface area contributed by atoms with E-state index in [2.05, 4.69) is 4.18 Å². The van der Waals surface area contributed by atoms with Gasteiger partial charge in [0.2, 0.25) is 0 Å². The van der Waals surface area contributed by atoms with Crippen LogP contribution in [-0.2, 0) is 15.5 Å². The molecule has 0 aliphatic rings. The van der Waals surface area contributed by atoms with Crippen LogP contribution in [0.3, 0.4) is 0 Å². The summed E-state index contributed by atoms with van der Waals surface area (Å²) in [5, 5.41) is 0. The molecule has 2 unspecified atom stereocenters. The molecule has 0 aromatic rings. The molecular weight excluding hydrogens is 130 g/mol. The van der Waals surface area contributed by atoms with Crippen molar-refractivity contribution in [2.75, 3.05) is 6.61 Å². The summed E-state index contributed by atoms with van der Waals surface area (Å²) >= 11 is -2.42. The van der Waals surface area contributed by atoms with E-state index in [1.54, 1.807) is 6.92 Å². The lowest BCUT2D eigenvalue weighted by atomic mass is 10.4. The highest BCUT2D eigenvalue weighted by atomic mass is 32.2. The van der Waals surface area contributed by atoms with Crippen LogP contribution in [0.25, 0.3) is 0 Å². The Kier molecular flexibility index (Phi) is 3.98.